The predicted octanol–water partition coefficient (Wildman–Crippen LogP) is 0.619. The summed E-state index contributed by atoms with van der Waals surface area (Å²) in [6.45, 7) is -1.10. The molecule has 0 aliphatic carbocycles. The summed E-state index contributed by atoms with van der Waals surface area (Å²) in [5, 5.41) is 77.9. The molecule has 362 valence electrons. The van der Waals surface area contributed by atoms with Crippen LogP contribution in [-0.2, 0) is 76.6 Å². The van der Waals surface area contributed by atoms with Crippen molar-refractivity contribution in [1.29, 1.82) is 0 Å². The molecule has 0 bridgehead atoms. The fraction of sp³-hybridized carbons (Fsp3) is 0.357. The number of carbonyl (C=O) groups is 9. The zero-order valence-corrected chi connectivity index (χ0v) is 35.2. The lowest BCUT2D eigenvalue weighted by molar-refractivity contribution is -0.167. The van der Waals surface area contributed by atoms with E-state index >= 15 is 0 Å². The van der Waals surface area contributed by atoms with Crippen LogP contribution in [0, 0.1) is 0 Å². The molecule has 24 nitrogen and oxygen atoms in total. The van der Waals surface area contributed by atoms with Gasteiger partial charge in [-0.05, 0) is 72.4 Å². The van der Waals surface area contributed by atoms with Gasteiger partial charge in [-0.1, -0.05) is 36.4 Å². The highest BCUT2D eigenvalue weighted by molar-refractivity contribution is 5.78. The van der Waals surface area contributed by atoms with E-state index in [1.54, 1.807) is 36.4 Å². The molecule has 3 unspecified atom stereocenters. The maximum atomic E-state index is 11.6. The number of hydrogen-bond acceptors (Lipinski definition) is 18. The van der Waals surface area contributed by atoms with Crippen molar-refractivity contribution in [2.24, 2.45) is 17.2 Å². The van der Waals surface area contributed by atoms with Gasteiger partial charge in [-0.3, -0.25) is 43.2 Å². The standard InChI is InChI=1S/C15H20O12.3C9H11NO3/c16-10(17)1-4-13(22)25-7-9(27-15(24)6-3-12(20)21)8-26-14(23)5-2-11(18)19;3*10-8(9(12)13)5-6-1-3-7(11)4-2-6/h9H,1-8H2,(H,16,17)(H,18,19)(H,20,21);3*1-4,8,11H,5,10H2,(H,12,13). The van der Waals surface area contributed by atoms with Gasteiger partial charge in [0.25, 0.3) is 0 Å². The second kappa shape index (κ2) is 31.9. The van der Waals surface area contributed by atoms with Crippen LogP contribution in [0.15, 0.2) is 72.8 Å². The maximum Gasteiger partial charge on any atom is 0.320 e. The Labute approximate surface area is 375 Å². The Morgan fingerprint density at radius 1 is 0.394 bits per heavy atom. The van der Waals surface area contributed by atoms with Crippen LogP contribution < -0.4 is 17.2 Å². The average molecular weight is 936 g/mol. The van der Waals surface area contributed by atoms with Crippen molar-refractivity contribution in [2.45, 2.75) is 82.0 Å². The van der Waals surface area contributed by atoms with E-state index in [9.17, 15) is 43.2 Å². The van der Waals surface area contributed by atoms with E-state index in [0.717, 1.165) is 16.7 Å². The molecule has 0 saturated carbocycles. The third-order valence-electron chi connectivity index (χ3n) is 7.91. The number of nitrogens with two attached hydrogens (primary N) is 3. The molecule has 3 rings (SSSR count). The van der Waals surface area contributed by atoms with Crippen LogP contribution >= 0.6 is 0 Å². The van der Waals surface area contributed by atoms with Crippen molar-refractivity contribution in [2.75, 3.05) is 13.2 Å². The number of carboxylic acids is 6. The molecule has 0 saturated heterocycles. The van der Waals surface area contributed by atoms with Gasteiger partial charge in [-0.15, -0.1) is 0 Å². The minimum Gasteiger partial charge on any atom is -0.508 e. The van der Waals surface area contributed by atoms with Gasteiger partial charge in [0.15, 0.2) is 6.10 Å². The SMILES string of the molecule is NC(Cc1ccc(O)cc1)C(=O)O.NC(Cc1ccc(O)cc1)C(=O)O.NC(Cc1ccc(O)cc1)C(=O)O.O=C(O)CCC(=O)OCC(COC(=O)CCC(=O)O)OC(=O)CCC(=O)O. The van der Waals surface area contributed by atoms with E-state index in [1.165, 1.54) is 36.4 Å². The molecule has 24 heteroatoms. The minimum absolute atomic E-state index is 0.160. The minimum atomic E-state index is -1.26. The lowest BCUT2D eigenvalue weighted by Crippen LogP contribution is -2.32. The van der Waals surface area contributed by atoms with Crippen molar-refractivity contribution >= 4 is 53.7 Å². The highest BCUT2D eigenvalue weighted by atomic mass is 16.6. The predicted molar refractivity (Wildman–Crippen MR) is 225 cm³/mol. The van der Waals surface area contributed by atoms with Gasteiger partial charge in [0, 0.05) is 0 Å². The molecule has 0 aliphatic rings. The third kappa shape index (κ3) is 30.3. The van der Waals surface area contributed by atoms with Gasteiger partial charge in [0.1, 0.15) is 48.6 Å². The van der Waals surface area contributed by atoms with E-state index in [0.29, 0.717) is 0 Å². The van der Waals surface area contributed by atoms with Gasteiger partial charge in [0.2, 0.25) is 0 Å². The van der Waals surface area contributed by atoms with Crippen molar-refractivity contribution in [3.8, 4) is 17.2 Å². The fourth-order valence-corrected chi connectivity index (χ4v) is 4.42. The number of esters is 3. The number of phenols is 3. The topological polar surface area (TPSA) is 441 Å². The zero-order chi connectivity index (χ0) is 50.4. The average Bonchev–Trinajstić information content (AvgIpc) is 3.25. The van der Waals surface area contributed by atoms with Crippen LogP contribution in [0.4, 0.5) is 0 Å². The Morgan fingerprint density at radius 3 is 0.864 bits per heavy atom. The number of carboxylic acid groups (broad SMARTS) is 6. The summed E-state index contributed by atoms with van der Waals surface area (Å²) in [5.74, 6) is -8.95. The molecule has 3 aromatic carbocycles. The fourth-order valence-electron chi connectivity index (χ4n) is 4.42. The number of rotatable bonds is 23. The largest absolute Gasteiger partial charge is 0.508 e. The third-order valence-corrected chi connectivity index (χ3v) is 7.91. The Balaban J connectivity index is 0.000000912. The normalized spacial score (nSPS) is 11.5. The van der Waals surface area contributed by atoms with Crippen molar-refractivity contribution in [3.63, 3.8) is 0 Å². The molecule has 66 heavy (non-hydrogen) atoms. The van der Waals surface area contributed by atoms with Crippen LogP contribution in [0.5, 0.6) is 17.2 Å². The molecule has 0 aliphatic heterocycles. The summed E-state index contributed by atoms with van der Waals surface area (Å²) in [4.78, 5) is 96.7. The van der Waals surface area contributed by atoms with E-state index in [1.807, 2.05) is 0 Å². The highest BCUT2D eigenvalue weighted by Crippen LogP contribution is 2.13. The number of hydrogen-bond donors (Lipinski definition) is 12. The summed E-state index contributed by atoms with van der Waals surface area (Å²) in [6.07, 6.45) is -3.18. The quantitative estimate of drug-likeness (QED) is 0.0458. The Bertz CT molecular complexity index is 1840. The van der Waals surface area contributed by atoms with E-state index < -0.39 is 130 Å². The second-order valence-corrected chi connectivity index (χ2v) is 13.6. The van der Waals surface area contributed by atoms with Crippen LogP contribution in [0.3, 0.4) is 0 Å². The number of aromatic hydroxyl groups is 3. The first-order chi connectivity index (χ1) is 30.9. The van der Waals surface area contributed by atoms with Gasteiger partial charge in [-0.2, -0.15) is 0 Å². The van der Waals surface area contributed by atoms with Crippen LogP contribution in [0.25, 0.3) is 0 Å². The summed E-state index contributed by atoms with van der Waals surface area (Å²) < 4.78 is 14.3. The molecule has 0 aromatic heterocycles. The van der Waals surface area contributed by atoms with Crippen molar-refractivity contribution < 1.29 is 103 Å². The number of ether oxygens (including phenoxy) is 3. The zero-order valence-electron chi connectivity index (χ0n) is 35.2. The lowest BCUT2D eigenvalue weighted by Gasteiger charge is -2.18. The van der Waals surface area contributed by atoms with Crippen LogP contribution in [0.1, 0.15) is 55.2 Å². The first kappa shape index (κ1) is 58.2. The molecular formula is C42H53N3O21. The van der Waals surface area contributed by atoms with Gasteiger partial charge >= 0.3 is 53.7 Å². The van der Waals surface area contributed by atoms with Gasteiger partial charge < -0.3 is 77.4 Å². The molecule has 0 amide bonds. The van der Waals surface area contributed by atoms with Crippen molar-refractivity contribution in [1.82, 2.24) is 0 Å². The number of phenolic OH excluding ortho intramolecular Hbond substituents is 3. The van der Waals surface area contributed by atoms with Gasteiger partial charge in [0.05, 0.1) is 38.5 Å². The molecular weight excluding hydrogens is 882 g/mol. The van der Waals surface area contributed by atoms with Crippen LogP contribution in [-0.4, -0.2) is 137 Å². The Hall–Kier alpha value is -7.83. The number of benzene rings is 3. The summed E-state index contributed by atoms with van der Waals surface area (Å²) in [6, 6.07) is 16.3. The summed E-state index contributed by atoms with van der Waals surface area (Å²) in [5.41, 5.74) is 18.4. The smallest absolute Gasteiger partial charge is 0.320 e. The molecule has 3 aromatic rings. The van der Waals surface area contributed by atoms with Crippen LogP contribution in [0.2, 0.25) is 0 Å². The first-order valence-electron chi connectivity index (χ1n) is 19.3. The monoisotopic (exact) mass is 935 g/mol. The van der Waals surface area contributed by atoms with E-state index in [-0.39, 0.29) is 36.5 Å². The van der Waals surface area contributed by atoms with E-state index in [2.05, 4.69) is 0 Å². The first-order valence-corrected chi connectivity index (χ1v) is 19.3. The molecule has 15 N–H and O–H groups in total. The molecule has 0 fully saturated rings. The Kier molecular flexibility index (Phi) is 28.1. The highest BCUT2D eigenvalue weighted by Gasteiger charge is 2.21. The Morgan fingerprint density at radius 2 is 0.636 bits per heavy atom. The molecule has 0 radical (unpaired) electrons. The lowest BCUT2D eigenvalue weighted by atomic mass is 10.1. The number of aliphatic carboxylic acids is 6. The van der Waals surface area contributed by atoms with Crippen molar-refractivity contribution in [3.05, 3.63) is 89.5 Å². The maximum absolute atomic E-state index is 11.6. The number of carbonyl (C=O) groups excluding carboxylic acids is 3. The molecule has 0 heterocycles. The summed E-state index contributed by atoms with van der Waals surface area (Å²) in [7, 11) is 0. The second-order valence-electron chi connectivity index (χ2n) is 13.6. The van der Waals surface area contributed by atoms with E-state index in [4.69, 9.17) is 77.4 Å². The van der Waals surface area contributed by atoms with Gasteiger partial charge in [-0.25, -0.2) is 0 Å². The molecule has 0 spiro atoms. The molecule has 3 atom stereocenters. The summed E-state index contributed by atoms with van der Waals surface area (Å²) >= 11 is 0.